The average molecular weight is 793 g/mol. The van der Waals surface area contributed by atoms with E-state index in [2.05, 4.69) is 20.8 Å². The second kappa shape index (κ2) is 46.1. The van der Waals surface area contributed by atoms with Gasteiger partial charge in [-0.05, 0) is 19.3 Å². The molecule has 1 atom stereocenters. The molecule has 6 heteroatoms. The van der Waals surface area contributed by atoms with Crippen molar-refractivity contribution in [3.63, 3.8) is 0 Å². The molecular weight excluding hydrogens is 697 g/mol. The maximum absolute atomic E-state index is 12.6. The fourth-order valence-electron chi connectivity index (χ4n) is 7.56. The van der Waals surface area contributed by atoms with Crippen LogP contribution in [0.3, 0.4) is 0 Å². The molecule has 0 unspecified atom stereocenters. The van der Waals surface area contributed by atoms with Gasteiger partial charge in [-0.15, -0.1) is 0 Å². The maximum Gasteiger partial charge on any atom is 0.306 e. The van der Waals surface area contributed by atoms with E-state index in [4.69, 9.17) is 14.2 Å². The lowest BCUT2D eigenvalue weighted by Crippen LogP contribution is -2.30. The van der Waals surface area contributed by atoms with Crippen LogP contribution in [-0.2, 0) is 28.6 Å². The summed E-state index contributed by atoms with van der Waals surface area (Å²) >= 11 is 0. The lowest BCUT2D eigenvalue weighted by atomic mass is 10.0. The third-order valence-electron chi connectivity index (χ3n) is 11.4. The van der Waals surface area contributed by atoms with Crippen molar-refractivity contribution >= 4 is 17.9 Å². The van der Waals surface area contributed by atoms with E-state index in [1.807, 2.05) is 0 Å². The Kier molecular flexibility index (Phi) is 44.8. The van der Waals surface area contributed by atoms with E-state index in [1.165, 1.54) is 186 Å². The Morgan fingerprint density at radius 2 is 0.482 bits per heavy atom. The van der Waals surface area contributed by atoms with Gasteiger partial charge < -0.3 is 14.2 Å². The van der Waals surface area contributed by atoms with Gasteiger partial charge in [-0.25, -0.2) is 0 Å². The topological polar surface area (TPSA) is 78.9 Å². The van der Waals surface area contributed by atoms with Crippen molar-refractivity contribution in [1.29, 1.82) is 0 Å². The summed E-state index contributed by atoms with van der Waals surface area (Å²) in [5, 5.41) is 0. The fourth-order valence-corrected chi connectivity index (χ4v) is 7.56. The predicted octanol–water partition coefficient (Wildman–Crippen LogP) is 16.0. The molecule has 0 aromatic heterocycles. The van der Waals surface area contributed by atoms with Gasteiger partial charge in [-0.1, -0.05) is 245 Å². The maximum atomic E-state index is 12.6. The highest BCUT2D eigenvalue weighted by Gasteiger charge is 2.19. The number of carbonyl (C=O) groups is 3. The highest BCUT2D eigenvalue weighted by Crippen LogP contribution is 2.16. The summed E-state index contributed by atoms with van der Waals surface area (Å²) in [5.74, 6) is -0.852. The zero-order chi connectivity index (χ0) is 40.8. The average Bonchev–Trinajstić information content (AvgIpc) is 3.19. The van der Waals surface area contributed by atoms with Gasteiger partial charge in [-0.3, -0.25) is 14.4 Å². The quantitative estimate of drug-likeness (QED) is 0.0347. The van der Waals surface area contributed by atoms with Crippen LogP contribution in [0.1, 0.15) is 284 Å². The molecule has 6 nitrogen and oxygen atoms in total. The molecule has 0 saturated heterocycles. The van der Waals surface area contributed by atoms with Crippen molar-refractivity contribution in [2.75, 3.05) is 13.2 Å². The van der Waals surface area contributed by atoms with Crippen LogP contribution < -0.4 is 0 Å². The highest BCUT2D eigenvalue weighted by molar-refractivity contribution is 5.71. The predicted molar refractivity (Wildman–Crippen MR) is 238 cm³/mol. The molecule has 332 valence electrons. The Morgan fingerprint density at radius 3 is 0.714 bits per heavy atom. The van der Waals surface area contributed by atoms with Crippen LogP contribution in [0.5, 0.6) is 0 Å². The first-order valence-electron chi connectivity index (χ1n) is 25.0. The Labute approximate surface area is 348 Å². The molecule has 0 fully saturated rings. The van der Waals surface area contributed by atoms with Crippen LogP contribution in [0.25, 0.3) is 0 Å². The zero-order valence-electron chi connectivity index (χ0n) is 37.9. The molecule has 0 aliphatic heterocycles. The molecule has 0 saturated carbocycles. The second-order valence-electron chi connectivity index (χ2n) is 17.1. The highest BCUT2D eigenvalue weighted by atomic mass is 16.6. The molecule has 0 bridgehead atoms. The number of carbonyl (C=O) groups excluding carboxylic acids is 3. The number of ether oxygens (including phenoxy) is 3. The van der Waals surface area contributed by atoms with Crippen molar-refractivity contribution in [3.8, 4) is 0 Å². The van der Waals surface area contributed by atoms with Crippen LogP contribution in [0.2, 0.25) is 0 Å². The molecule has 56 heavy (non-hydrogen) atoms. The number of rotatable bonds is 46. The smallest absolute Gasteiger partial charge is 0.306 e. The van der Waals surface area contributed by atoms with Crippen LogP contribution >= 0.6 is 0 Å². The molecule has 0 aliphatic rings. The molecule has 0 amide bonds. The minimum atomic E-state index is -0.757. The molecule has 0 aliphatic carbocycles. The molecule has 0 N–H and O–H groups in total. The molecular formula is C50H96O6. The first-order chi connectivity index (χ1) is 27.5. The first-order valence-corrected chi connectivity index (χ1v) is 25.0. The molecule has 0 rings (SSSR count). The van der Waals surface area contributed by atoms with Crippen molar-refractivity contribution in [2.45, 2.75) is 290 Å². The van der Waals surface area contributed by atoms with Crippen LogP contribution in [0.15, 0.2) is 0 Å². The summed E-state index contributed by atoms with van der Waals surface area (Å²) in [7, 11) is 0. The van der Waals surface area contributed by atoms with Gasteiger partial charge in [0.25, 0.3) is 0 Å². The lowest BCUT2D eigenvalue weighted by molar-refractivity contribution is -0.167. The third kappa shape index (κ3) is 43.5. The van der Waals surface area contributed by atoms with Crippen molar-refractivity contribution < 1.29 is 28.6 Å². The van der Waals surface area contributed by atoms with Crippen LogP contribution in [0, 0.1) is 0 Å². The summed E-state index contributed by atoms with van der Waals surface area (Å²) in [4.78, 5) is 37.7. The number of hydrogen-bond acceptors (Lipinski definition) is 6. The van der Waals surface area contributed by atoms with E-state index in [1.54, 1.807) is 0 Å². The minimum Gasteiger partial charge on any atom is -0.462 e. The third-order valence-corrected chi connectivity index (χ3v) is 11.4. The van der Waals surface area contributed by atoms with E-state index < -0.39 is 6.10 Å². The summed E-state index contributed by atoms with van der Waals surface area (Å²) in [6.45, 7) is 6.63. The second-order valence-corrected chi connectivity index (χ2v) is 17.1. The normalized spacial score (nSPS) is 11.8. The lowest BCUT2D eigenvalue weighted by Gasteiger charge is -2.18. The van der Waals surface area contributed by atoms with Gasteiger partial charge in [-0.2, -0.15) is 0 Å². The van der Waals surface area contributed by atoms with E-state index in [-0.39, 0.29) is 31.1 Å². The van der Waals surface area contributed by atoms with Crippen molar-refractivity contribution in [2.24, 2.45) is 0 Å². The van der Waals surface area contributed by atoms with Gasteiger partial charge in [0, 0.05) is 19.3 Å². The summed E-state index contributed by atoms with van der Waals surface area (Å²) in [6.07, 6.45) is 48.2. The fraction of sp³-hybridized carbons (Fsp3) is 0.940. The first kappa shape index (κ1) is 54.4. The SMILES string of the molecule is CCCCCCCCCCCCCCCCCCCCC(=O)OC[C@@H](COC(=O)CCCCCCCCCCCCCCC)OC(=O)CCCCCCCCC. The molecule has 0 aromatic carbocycles. The summed E-state index contributed by atoms with van der Waals surface area (Å²) in [6, 6.07) is 0. The number of hydrogen-bond donors (Lipinski definition) is 0. The van der Waals surface area contributed by atoms with E-state index >= 15 is 0 Å². The van der Waals surface area contributed by atoms with E-state index in [9.17, 15) is 14.4 Å². The standard InChI is InChI=1S/C50H96O6/c1-4-7-10-13-16-18-20-22-23-24-25-26-28-30-32-35-37-40-43-49(52)55-46-47(56-50(53)44-41-38-33-15-12-9-6-3)45-54-48(51)42-39-36-34-31-29-27-21-19-17-14-11-8-5-2/h47H,4-46H2,1-3H3/t47-/m1/s1. The van der Waals surface area contributed by atoms with Crippen molar-refractivity contribution in [1.82, 2.24) is 0 Å². The molecule has 0 spiro atoms. The van der Waals surface area contributed by atoms with Crippen molar-refractivity contribution in [3.05, 3.63) is 0 Å². The van der Waals surface area contributed by atoms with Gasteiger partial charge in [0.2, 0.25) is 0 Å². The Morgan fingerprint density at radius 1 is 0.286 bits per heavy atom. The van der Waals surface area contributed by atoms with Gasteiger partial charge in [0.15, 0.2) is 6.10 Å². The number of unbranched alkanes of at least 4 members (excludes halogenated alkanes) is 35. The largest absolute Gasteiger partial charge is 0.462 e. The van der Waals surface area contributed by atoms with E-state index in [0.29, 0.717) is 19.3 Å². The van der Waals surface area contributed by atoms with Gasteiger partial charge >= 0.3 is 17.9 Å². The number of esters is 3. The zero-order valence-corrected chi connectivity index (χ0v) is 37.9. The molecule has 0 aromatic rings. The molecule has 0 radical (unpaired) electrons. The Bertz CT molecular complexity index is 828. The summed E-state index contributed by atoms with van der Waals surface area (Å²) < 4.78 is 16.7. The van der Waals surface area contributed by atoms with E-state index in [0.717, 1.165) is 57.8 Å². The van der Waals surface area contributed by atoms with Crippen LogP contribution in [-0.4, -0.2) is 37.2 Å². The summed E-state index contributed by atoms with van der Waals surface area (Å²) in [5.41, 5.74) is 0. The monoisotopic (exact) mass is 793 g/mol. The minimum absolute atomic E-state index is 0.0628. The Hall–Kier alpha value is -1.59. The van der Waals surface area contributed by atoms with Gasteiger partial charge in [0.1, 0.15) is 13.2 Å². The van der Waals surface area contributed by atoms with Crippen LogP contribution in [0.4, 0.5) is 0 Å². The van der Waals surface area contributed by atoms with Gasteiger partial charge in [0.05, 0.1) is 0 Å². The molecule has 0 heterocycles. The Balaban J connectivity index is 4.15.